The summed E-state index contributed by atoms with van der Waals surface area (Å²) in [5.74, 6) is -0.541. The van der Waals surface area contributed by atoms with Crippen LogP contribution in [0.2, 0.25) is 0 Å². The molecule has 5 nitrogen and oxygen atoms in total. The highest BCUT2D eigenvalue weighted by molar-refractivity contribution is 5.95. The molecule has 30 heavy (non-hydrogen) atoms. The Balaban J connectivity index is 1.89. The van der Waals surface area contributed by atoms with E-state index in [1.54, 1.807) is 33.8 Å². The summed E-state index contributed by atoms with van der Waals surface area (Å²) in [6.07, 6.45) is 3.74. The van der Waals surface area contributed by atoms with Crippen LogP contribution in [0.1, 0.15) is 54.9 Å². The third kappa shape index (κ3) is 2.36. The number of aliphatic hydroxyl groups excluding tert-OH is 1. The monoisotopic (exact) mass is 414 g/mol. The number of fused-ring (bicyclic) bond motifs is 3. The van der Waals surface area contributed by atoms with Gasteiger partial charge in [-0.3, -0.25) is 4.79 Å². The molecular weight excluding hydrogens is 380 g/mol. The van der Waals surface area contributed by atoms with E-state index in [1.165, 1.54) is 0 Å². The fraction of sp³-hybridized carbons (Fsp3) is 0.680. The molecule has 2 saturated carbocycles. The van der Waals surface area contributed by atoms with Crippen LogP contribution < -0.4 is 0 Å². The SMILES string of the molecule is CC=C(C)C(=O)OC1C(C)=CC23C(=O)C(C=C(C)C(O)C12O)C1C(CC3C)C1(C)C. The van der Waals surface area contributed by atoms with Crippen LogP contribution in [0.5, 0.6) is 0 Å². The summed E-state index contributed by atoms with van der Waals surface area (Å²) in [7, 11) is 0. The first-order valence-corrected chi connectivity index (χ1v) is 11.0. The molecule has 2 bridgehead atoms. The number of carbonyl (C=O) groups is 2. The lowest BCUT2D eigenvalue weighted by atomic mass is 9.59. The molecule has 4 aliphatic rings. The molecule has 0 aromatic rings. The van der Waals surface area contributed by atoms with Crippen LogP contribution in [0.15, 0.2) is 34.9 Å². The van der Waals surface area contributed by atoms with Gasteiger partial charge in [-0.25, -0.2) is 4.79 Å². The van der Waals surface area contributed by atoms with Gasteiger partial charge in [0, 0.05) is 11.5 Å². The van der Waals surface area contributed by atoms with Gasteiger partial charge in [-0.05, 0) is 68.4 Å². The number of hydrogen-bond donors (Lipinski definition) is 2. The smallest absolute Gasteiger partial charge is 0.334 e. The molecule has 8 unspecified atom stereocenters. The number of ketones is 1. The maximum atomic E-state index is 14.1. The second-order valence-corrected chi connectivity index (χ2v) is 10.6. The number of hydrogen-bond acceptors (Lipinski definition) is 5. The minimum absolute atomic E-state index is 0.0490. The number of esters is 1. The van der Waals surface area contributed by atoms with Crippen molar-refractivity contribution in [3.05, 3.63) is 34.9 Å². The molecule has 0 aliphatic heterocycles. The Labute approximate surface area is 178 Å². The standard InChI is InChI=1S/C25H34O5/c1-8-12(2)22(28)30-21-14(4)11-24-15(5)10-17-18(23(17,6)7)16(20(24)27)9-13(3)19(26)25(21,24)29/h8-9,11,15-19,21,26,29H,10H2,1-7H3. The predicted molar refractivity (Wildman–Crippen MR) is 113 cm³/mol. The second-order valence-electron chi connectivity index (χ2n) is 10.6. The van der Waals surface area contributed by atoms with Crippen LogP contribution in [0, 0.1) is 34.5 Å². The zero-order valence-corrected chi connectivity index (χ0v) is 19.0. The molecule has 5 heteroatoms. The van der Waals surface area contributed by atoms with Gasteiger partial charge < -0.3 is 14.9 Å². The molecule has 0 radical (unpaired) electrons. The Hall–Kier alpha value is -1.72. The van der Waals surface area contributed by atoms with Gasteiger partial charge in [0.15, 0.2) is 17.5 Å². The highest BCUT2D eigenvalue weighted by atomic mass is 16.6. The molecule has 2 fully saturated rings. The minimum atomic E-state index is -1.92. The van der Waals surface area contributed by atoms with Gasteiger partial charge in [0.2, 0.25) is 0 Å². The van der Waals surface area contributed by atoms with E-state index in [1.807, 2.05) is 19.1 Å². The van der Waals surface area contributed by atoms with E-state index in [2.05, 4.69) is 13.8 Å². The van der Waals surface area contributed by atoms with Crippen molar-refractivity contribution in [2.45, 2.75) is 72.7 Å². The molecule has 0 aromatic heterocycles. The van der Waals surface area contributed by atoms with Gasteiger partial charge in [0.1, 0.15) is 6.10 Å². The molecule has 0 aromatic carbocycles. The van der Waals surface area contributed by atoms with Crippen molar-refractivity contribution in [2.24, 2.45) is 34.5 Å². The van der Waals surface area contributed by atoms with Crippen LogP contribution in [0.25, 0.3) is 0 Å². The van der Waals surface area contributed by atoms with Crippen molar-refractivity contribution in [1.82, 2.24) is 0 Å². The van der Waals surface area contributed by atoms with Crippen molar-refractivity contribution in [3.63, 3.8) is 0 Å². The number of ether oxygens (including phenoxy) is 1. The third-order valence-corrected chi connectivity index (χ3v) is 8.82. The van der Waals surface area contributed by atoms with Gasteiger partial charge in [-0.15, -0.1) is 0 Å². The zero-order valence-electron chi connectivity index (χ0n) is 19.0. The Morgan fingerprint density at radius 3 is 2.50 bits per heavy atom. The summed E-state index contributed by atoms with van der Waals surface area (Å²) in [6.45, 7) is 13.3. The van der Waals surface area contributed by atoms with Gasteiger partial charge in [0.25, 0.3) is 0 Å². The van der Waals surface area contributed by atoms with Gasteiger partial charge in [0.05, 0.1) is 5.41 Å². The Morgan fingerprint density at radius 2 is 1.90 bits per heavy atom. The lowest BCUT2D eigenvalue weighted by molar-refractivity contribution is -0.201. The van der Waals surface area contributed by atoms with Gasteiger partial charge in [-0.2, -0.15) is 0 Å². The normalized spacial score (nSPS) is 46.7. The number of rotatable bonds is 2. The Morgan fingerprint density at radius 1 is 1.27 bits per heavy atom. The number of aliphatic hydroxyl groups is 2. The molecular formula is C25H34O5. The quantitative estimate of drug-likeness (QED) is 0.411. The Bertz CT molecular complexity index is 908. The fourth-order valence-corrected chi connectivity index (χ4v) is 6.89. The van der Waals surface area contributed by atoms with Crippen LogP contribution in [0.4, 0.5) is 0 Å². The molecule has 0 saturated heterocycles. The van der Waals surface area contributed by atoms with E-state index in [0.29, 0.717) is 22.6 Å². The first-order valence-electron chi connectivity index (χ1n) is 11.0. The highest BCUT2D eigenvalue weighted by Crippen LogP contribution is 2.71. The summed E-state index contributed by atoms with van der Waals surface area (Å²) >= 11 is 0. The number of Topliss-reactive ketones (excluding diaryl/α,β-unsaturated/α-hetero) is 1. The first-order chi connectivity index (χ1) is 13.9. The van der Waals surface area contributed by atoms with Crippen LogP contribution in [-0.4, -0.2) is 39.8 Å². The zero-order chi connectivity index (χ0) is 22.4. The van der Waals surface area contributed by atoms with E-state index < -0.39 is 29.2 Å². The van der Waals surface area contributed by atoms with E-state index in [0.717, 1.165) is 6.42 Å². The fourth-order valence-electron chi connectivity index (χ4n) is 6.89. The molecule has 4 rings (SSSR count). The van der Waals surface area contributed by atoms with E-state index in [-0.39, 0.29) is 29.0 Å². The average Bonchev–Trinajstić information content (AvgIpc) is 3.17. The molecule has 164 valence electrons. The van der Waals surface area contributed by atoms with Crippen molar-refractivity contribution in [1.29, 1.82) is 0 Å². The molecule has 2 N–H and O–H groups in total. The van der Waals surface area contributed by atoms with Crippen molar-refractivity contribution >= 4 is 11.8 Å². The van der Waals surface area contributed by atoms with Crippen molar-refractivity contribution < 1.29 is 24.5 Å². The summed E-state index contributed by atoms with van der Waals surface area (Å²) in [6, 6.07) is 0. The maximum absolute atomic E-state index is 14.1. The molecule has 8 atom stereocenters. The summed E-state index contributed by atoms with van der Waals surface area (Å²) in [5, 5.41) is 23.6. The third-order valence-electron chi connectivity index (χ3n) is 8.82. The van der Waals surface area contributed by atoms with Crippen LogP contribution >= 0.6 is 0 Å². The molecule has 4 aliphatic carbocycles. The summed E-state index contributed by atoms with van der Waals surface area (Å²) < 4.78 is 5.76. The second kappa shape index (κ2) is 6.39. The average molecular weight is 415 g/mol. The van der Waals surface area contributed by atoms with Gasteiger partial charge >= 0.3 is 5.97 Å². The van der Waals surface area contributed by atoms with Crippen LogP contribution in [-0.2, 0) is 14.3 Å². The van der Waals surface area contributed by atoms with Crippen molar-refractivity contribution in [3.8, 4) is 0 Å². The lowest BCUT2D eigenvalue weighted by Crippen LogP contribution is -2.65. The maximum Gasteiger partial charge on any atom is 0.334 e. The topological polar surface area (TPSA) is 83.8 Å². The number of carbonyl (C=O) groups excluding carboxylic acids is 2. The van der Waals surface area contributed by atoms with Gasteiger partial charge in [-0.1, -0.05) is 39.0 Å². The first kappa shape index (κ1) is 21.5. The summed E-state index contributed by atoms with van der Waals surface area (Å²) in [5.41, 5.74) is -1.53. The van der Waals surface area contributed by atoms with Crippen molar-refractivity contribution in [2.75, 3.05) is 0 Å². The van der Waals surface area contributed by atoms with E-state index in [9.17, 15) is 19.8 Å². The predicted octanol–water partition coefficient (Wildman–Crippen LogP) is 3.36. The lowest BCUT2D eigenvalue weighted by Gasteiger charge is -2.48. The van der Waals surface area contributed by atoms with E-state index >= 15 is 0 Å². The van der Waals surface area contributed by atoms with E-state index in [4.69, 9.17) is 4.74 Å². The number of allylic oxidation sites excluding steroid dienone is 2. The minimum Gasteiger partial charge on any atom is -0.451 e. The highest BCUT2D eigenvalue weighted by Gasteiger charge is 2.76. The largest absolute Gasteiger partial charge is 0.451 e. The molecule has 0 amide bonds. The Kier molecular flexibility index (Phi) is 4.58. The molecule has 1 spiro atoms. The van der Waals surface area contributed by atoms with Crippen LogP contribution in [0.3, 0.4) is 0 Å². The molecule has 0 heterocycles. The summed E-state index contributed by atoms with van der Waals surface area (Å²) in [4.78, 5) is 26.7.